The topological polar surface area (TPSA) is 17.1 Å². The van der Waals surface area contributed by atoms with Crippen LogP contribution in [0.15, 0.2) is 0 Å². The molecule has 0 aliphatic carbocycles. The van der Waals surface area contributed by atoms with Gasteiger partial charge in [0.1, 0.15) is 0 Å². The fraction of sp³-hybridized carbons (Fsp3) is 0. The average molecular weight is 126 g/mol. The van der Waals surface area contributed by atoms with Crippen molar-refractivity contribution in [3.05, 3.63) is 0 Å². The summed E-state index contributed by atoms with van der Waals surface area (Å²) in [6, 6.07) is 0. The molecule has 0 aliphatic heterocycles. The van der Waals surface area contributed by atoms with Crippen LogP contribution in [0.25, 0.3) is 0 Å². The zero-order chi connectivity index (χ0) is 2.00. The van der Waals surface area contributed by atoms with Gasteiger partial charge in [0.2, 0.25) is 0 Å². The maximum absolute atomic E-state index is 8.28. The molecule has 0 N–H and O–H groups in total. The monoisotopic (exact) mass is 126 g/mol. The fourth-order valence-corrected chi connectivity index (χ4v) is 0. The van der Waals surface area contributed by atoms with Gasteiger partial charge in [-0.05, 0) is 0 Å². The van der Waals surface area contributed by atoms with E-state index in [9.17, 15) is 0 Å². The van der Waals surface area contributed by atoms with Crippen LogP contribution in [0, 0.1) is 0 Å². The van der Waals surface area contributed by atoms with Gasteiger partial charge in [-0.25, -0.2) is 0 Å². The second-order valence-electron chi connectivity index (χ2n) is 0. The Morgan fingerprint density at radius 3 is 1.25 bits per heavy atom. The van der Waals surface area contributed by atoms with Gasteiger partial charge in [-0.15, -0.1) is 0 Å². The fourth-order valence-electron chi connectivity index (χ4n) is 0. The van der Waals surface area contributed by atoms with E-state index < -0.39 is 0 Å². The Morgan fingerprint density at radius 2 is 1.25 bits per heavy atom. The maximum atomic E-state index is 8.28. The molecule has 0 aromatic heterocycles. The molecule has 0 aromatic carbocycles. The van der Waals surface area contributed by atoms with Crippen molar-refractivity contribution < 1.29 is 20.9 Å². The first-order valence-electron chi connectivity index (χ1n) is 0.289. The van der Waals surface area contributed by atoms with Crippen LogP contribution in [-0.2, 0) is 20.9 Å². The Bertz CT molecular complexity index is 8.00. The Morgan fingerprint density at radius 1 is 1.25 bits per heavy atom. The molecule has 4 heteroatoms. The van der Waals surface area contributed by atoms with Crippen LogP contribution in [0.3, 0.4) is 0 Å². The van der Waals surface area contributed by atoms with Gasteiger partial charge in [0.15, 0.2) is 0 Å². The molecule has 0 heterocycles. The van der Waals surface area contributed by atoms with Crippen LogP contribution < -0.4 is 0 Å². The molecule has 1 nitrogen and oxygen atoms in total. The summed E-state index contributed by atoms with van der Waals surface area (Å²) in [5.74, 6) is 0. The number of rotatable bonds is 0. The van der Waals surface area contributed by atoms with Crippen molar-refractivity contribution in [3.8, 4) is 0 Å². The van der Waals surface area contributed by atoms with Gasteiger partial charge >= 0.3 is 43.1 Å². The molecular weight excluding hydrogens is 123 g/mol. The predicted molar refractivity (Wildman–Crippen MR) is 16.4 cm³/mol. The summed E-state index contributed by atoms with van der Waals surface area (Å²) < 4.78 is 8.28. The standard InChI is InChI=1S/Al.Fe.Mg.O.3H. The molecule has 0 aliphatic rings. The molecule has 0 atom stereocenters. The van der Waals surface area contributed by atoms with Gasteiger partial charge in [-0.3, -0.25) is 0 Å². The van der Waals surface area contributed by atoms with E-state index in [0.29, 0.717) is 16.2 Å². The molecule has 0 saturated carbocycles. The molecular formula is H3AlFeMgO. The molecule has 0 fully saturated rings. The quantitative estimate of drug-likeness (QED) is 0.354. The molecule has 0 unspecified atom stereocenters. The third kappa shape index (κ3) is 9.47. The van der Waals surface area contributed by atoms with Gasteiger partial charge in [-0.2, -0.15) is 0 Å². The van der Waals surface area contributed by atoms with Gasteiger partial charge in [0, 0.05) is 17.1 Å². The van der Waals surface area contributed by atoms with Crippen molar-refractivity contribution in [1.29, 1.82) is 0 Å². The first-order chi connectivity index (χ1) is 1.00. The summed E-state index contributed by atoms with van der Waals surface area (Å²) in [5, 5.41) is 0. The van der Waals surface area contributed by atoms with E-state index in [0.717, 1.165) is 0 Å². The summed E-state index contributed by atoms with van der Waals surface area (Å²) in [6.45, 7) is 0. The van der Waals surface area contributed by atoms with Crippen molar-refractivity contribution in [2.24, 2.45) is 0 Å². The summed E-state index contributed by atoms with van der Waals surface area (Å²) in [6.07, 6.45) is 0. The van der Waals surface area contributed by atoms with Crippen LogP contribution in [-0.4, -0.2) is 39.3 Å². The van der Waals surface area contributed by atoms with Crippen molar-refractivity contribution in [1.82, 2.24) is 0 Å². The zero-order valence-electron chi connectivity index (χ0n) is 1.47. The van der Waals surface area contributed by atoms with E-state index in [1.54, 1.807) is 0 Å². The van der Waals surface area contributed by atoms with Crippen LogP contribution in [0.1, 0.15) is 0 Å². The van der Waals surface area contributed by atoms with E-state index in [1.165, 1.54) is 0 Å². The normalized spacial score (nSPS) is 0.750. The third-order valence-electron chi connectivity index (χ3n) is 0. The number of hydrogen-bond donors (Lipinski definition) is 0. The molecule has 0 spiro atoms. The Labute approximate surface area is 59.8 Å². The van der Waals surface area contributed by atoms with E-state index in [4.69, 9.17) is 3.80 Å². The Balaban J connectivity index is -0.00000000500. The predicted octanol–water partition coefficient (Wildman–Crippen LogP) is -1.69. The van der Waals surface area contributed by atoms with Crippen molar-refractivity contribution in [2.75, 3.05) is 0 Å². The van der Waals surface area contributed by atoms with E-state index in [1.807, 2.05) is 0 Å². The Kier molecular flexibility index (Phi) is 101. The minimum atomic E-state index is 0. The van der Waals surface area contributed by atoms with E-state index >= 15 is 0 Å². The first kappa shape index (κ1) is 17.5. The molecule has 22 valence electrons. The van der Waals surface area contributed by atoms with Crippen LogP contribution in [0.5, 0.6) is 0 Å². The molecule has 0 bridgehead atoms. The van der Waals surface area contributed by atoms with Crippen LogP contribution >= 0.6 is 0 Å². The molecule has 0 amide bonds. The minimum absolute atomic E-state index is 0. The molecule has 0 aromatic rings. The van der Waals surface area contributed by atoms with Gasteiger partial charge < -0.3 is 0 Å². The third-order valence-corrected chi connectivity index (χ3v) is 0. The van der Waals surface area contributed by atoms with E-state index in [-0.39, 0.29) is 40.1 Å². The van der Waals surface area contributed by atoms with Crippen molar-refractivity contribution in [2.45, 2.75) is 0 Å². The summed E-state index contributed by atoms with van der Waals surface area (Å²) >= 11 is 0.611. The second-order valence-corrected chi connectivity index (χ2v) is 0. The zero-order valence-corrected chi connectivity index (χ0v) is 3.99. The SMILES string of the molecule is [Fe].[MgH2].[O]=[AlH]. The number of hydrogen-bond acceptors (Lipinski definition) is 1. The molecule has 0 radical (unpaired) electrons. The van der Waals surface area contributed by atoms with Gasteiger partial charge in [0.05, 0.1) is 0 Å². The Hall–Kier alpha value is 1.62. The average Bonchev–Trinajstić information content (AvgIpc) is 1.00. The summed E-state index contributed by atoms with van der Waals surface area (Å²) in [4.78, 5) is 0. The van der Waals surface area contributed by atoms with Crippen molar-refractivity contribution >= 4 is 39.3 Å². The van der Waals surface area contributed by atoms with Crippen molar-refractivity contribution in [3.63, 3.8) is 0 Å². The van der Waals surface area contributed by atoms with Gasteiger partial charge in [-0.1, -0.05) is 0 Å². The molecule has 4 heavy (non-hydrogen) atoms. The summed E-state index contributed by atoms with van der Waals surface area (Å²) in [5.41, 5.74) is 0. The summed E-state index contributed by atoms with van der Waals surface area (Å²) in [7, 11) is 0. The first-order valence-corrected chi connectivity index (χ1v) is 0.866. The van der Waals surface area contributed by atoms with Crippen LogP contribution in [0.2, 0.25) is 0 Å². The molecule has 0 rings (SSSR count). The van der Waals surface area contributed by atoms with E-state index in [2.05, 4.69) is 0 Å². The van der Waals surface area contributed by atoms with Crippen LogP contribution in [0.4, 0.5) is 0 Å². The molecule has 0 saturated heterocycles. The van der Waals surface area contributed by atoms with Gasteiger partial charge in [0.25, 0.3) is 0 Å². The second kappa shape index (κ2) is 23.1.